The van der Waals surface area contributed by atoms with E-state index in [-0.39, 0.29) is 35.6 Å². The van der Waals surface area contributed by atoms with Crippen molar-refractivity contribution in [2.24, 2.45) is 4.99 Å². The van der Waals surface area contributed by atoms with Crippen LogP contribution in [-0.2, 0) is 24.4 Å². The monoisotopic (exact) mass is 544 g/mol. The first-order valence-electron chi connectivity index (χ1n) is 9.88. The van der Waals surface area contributed by atoms with Crippen molar-refractivity contribution in [1.82, 2.24) is 15.5 Å². The molecule has 9 heteroatoms. The molecule has 0 unspecified atom stereocenters. The van der Waals surface area contributed by atoms with E-state index in [0.717, 1.165) is 24.1 Å². The molecule has 1 heterocycles. The van der Waals surface area contributed by atoms with Crippen molar-refractivity contribution in [3.05, 3.63) is 65.2 Å². The van der Waals surface area contributed by atoms with E-state index >= 15 is 0 Å². The van der Waals surface area contributed by atoms with Gasteiger partial charge in [-0.05, 0) is 23.6 Å². The zero-order chi connectivity index (χ0) is 21.3. The number of aliphatic imine (C=N–C) groups is 1. The van der Waals surface area contributed by atoms with Crippen molar-refractivity contribution in [1.29, 1.82) is 0 Å². The number of hydrogen-bond acceptors (Lipinski definition) is 3. The van der Waals surface area contributed by atoms with Crippen LogP contribution in [0.15, 0.2) is 53.5 Å². The lowest BCUT2D eigenvalue weighted by atomic mass is 10.1. The third-order valence-corrected chi connectivity index (χ3v) is 4.89. The summed E-state index contributed by atoms with van der Waals surface area (Å²) in [5, 5.41) is 6.31. The third-order valence-electron chi connectivity index (χ3n) is 4.89. The van der Waals surface area contributed by atoms with Gasteiger partial charge in [-0.25, -0.2) is 0 Å². The van der Waals surface area contributed by atoms with Crippen LogP contribution in [0.3, 0.4) is 0 Å². The largest absolute Gasteiger partial charge is 0.434 e. The lowest BCUT2D eigenvalue weighted by molar-refractivity contribution is -0.128. The second-order valence-electron chi connectivity index (χ2n) is 7.00. The molecule has 1 fully saturated rings. The number of halogens is 3. The number of guanidine groups is 1. The fourth-order valence-corrected chi connectivity index (χ4v) is 3.30. The summed E-state index contributed by atoms with van der Waals surface area (Å²) >= 11 is 0. The van der Waals surface area contributed by atoms with Gasteiger partial charge in [0.05, 0.1) is 0 Å². The molecule has 2 aromatic rings. The summed E-state index contributed by atoms with van der Waals surface area (Å²) in [6, 6.07) is 14.7. The summed E-state index contributed by atoms with van der Waals surface area (Å²) < 4.78 is 29.6. The van der Waals surface area contributed by atoms with E-state index in [1.54, 1.807) is 25.2 Å². The minimum absolute atomic E-state index is 0. The Kier molecular flexibility index (Phi) is 9.96. The van der Waals surface area contributed by atoms with Crippen molar-refractivity contribution in [2.45, 2.75) is 39.1 Å². The number of para-hydroxylation sites is 1. The lowest BCUT2D eigenvalue weighted by Gasteiger charge is -2.16. The van der Waals surface area contributed by atoms with Crippen molar-refractivity contribution < 1.29 is 18.3 Å². The SMILES string of the molecule is CN=C(NCc1ccc(CN2CCCC2=O)cc1)NCc1ccccc1OC(F)F.I. The minimum Gasteiger partial charge on any atom is -0.434 e. The Morgan fingerprint density at radius 3 is 2.42 bits per heavy atom. The summed E-state index contributed by atoms with van der Waals surface area (Å²) in [4.78, 5) is 17.8. The average Bonchev–Trinajstić information content (AvgIpc) is 3.14. The number of benzene rings is 2. The van der Waals surface area contributed by atoms with Gasteiger partial charge in [0.25, 0.3) is 0 Å². The van der Waals surface area contributed by atoms with Crippen molar-refractivity contribution in [3.8, 4) is 5.75 Å². The fourth-order valence-electron chi connectivity index (χ4n) is 3.30. The molecule has 0 radical (unpaired) electrons. The maximum atomic E-state index is 12.5. The van der Waals surface area contributed by atoms with E-state index < -0.39 is 6.61 Å². The number of likely N-dealkylation sites (tertiary alicyclic amines) is 1. The first-order chi connectivity index (χ1) is 14.5. The average molecular weight is 544 g/mol. The van der Waals surface area contributed by atoms with E-state index in [9.17, 15) is 13.6 Å². The van der Waals surface area contributed by atoms with Gasteiger partial charge in [-0.1, -0.05) is 42.5 Å². The van der Waals surface area contributed by atoms with Gasteiger partial charge >= 0.3 is 6.61 Å². The van der Waals surface area contributed by atoms with Crippen LogP contribution in [0.1, 0.15) is 29.5 Å². The van der Waals surface area contributed by atoms with Crippen LogP contribution < -0.4 is 15.4 Å². The highest BCUT2D eigenvalue weighted by atomic mass is 127. The molecule has 0 aromatic heterocycles. The van der Waals surface area contributed by atoms with E-state index in [4.69, 9.17) is 0 Å². The van der Waals surface area contributed by atoms with Crippen LogP contribution in [0.5, 0.6) is 5.75 Å². The molecule has 6 nitrogen and oxygen atoms in total. The van der Waals surface area contributed by atoms with Crippen LogP contribution in [0, 0.1) is 0 Å². The van der Waals surface area contributed by atoms with Gasteiger partial charge in [0.1, 0.15) is 5.75 Å². The molecule has 1 aliphatic heterocycles. The lowest BCUT2D eigenvalue weighted by Crippen LogP contribution is -2.36. The van der Waals surface area contributed by atoms with Crippen LogP contribution >= 0.6 is 24.0 Å². The van der Waals surface area contributed by atoms with Gasteiger partial charge in [-0.3, -0.25) is 9.79 Å². The Balaban J connectivity index is 0.00000341. The topological polar surface area (TPSA) is 66.0 Å². The summed E-state index contributed by atoms with van der Waals surface area (Å²) in [6.45, 7) is -0.538. The minimum atomic E-state index is -2.87. The smallest absolute Gasteiger partial charge is 0.387 e. The Bertz CT molecular complexity index is 878. The molecule has 0 aliphatic carbocycles. The molecule has 2 N–H and O–H groups in total. The molecule has 0 atom stereocenters. The Labute approximate surface area is 198 Å². The number of hydrogen-bond donors (Lipinski definition) is 2. The fraction of sp³-hybridized carbons (Fsp3) is 0.364. The first-order valence-corrected chi connectivity index (χ1v) is 9.88. The molecular formula is C22H27F2IN4O2. The molecule has 2 aromatic carbocycles. The molecule has 3 rings (SSSR count). The summed E-state index contributed by atoms with van der Waals surface area (Å²) in [5.74, 6) is 0.909. The molecule has 0 spiro atoms. The predicted molar refractivity (Wildman–Crippen MR) is 127 cm³/mol. The Morgan fingerprint density at radius 2 is 1.77 bits per heavy atom. The highest BCUT2D eigenvalue weighted by molar-refractivity contribution is 14.0. The van der Waals surface area contributed by atoms with E-state index in [0.29, 0.717) is 37.6 Å². The number of carbonyl (C=O) groups is 1. The Hall–Kier alpha value is -2.43. The van der Waals surface area contributed by atoms with Gasteiger partial charge in [-0.15, -0.1) is 24.0 Å². The van der Waals surface area contributed by atoms with Crippen LogP contribution in [-0.4, -0.2) is 37.0 Å². The maximum absolute atomic E-state index is 12.5. The molecule has 168 valence electrons. The third kappa shape index (κ3) is 7.64. The van der Waals surface area contributed by atoms with Gasteiger partial charge in [0, 0.05) is 45.2 Å². The predicted octanol–water partition coefficient (Wildman–Crippen LogP) is 3.89. The first kappa shape index (κ1) is 24.8. The second-order valence-corrected chi connectivity index (χ2v) is 7.00. The molecule has 1 amide bonds. The summed E-state index contributed by atoms with van der Waals surface area (Å²) in [7, 11) is 1.65. The van der Waals surface area contributed by atoms with Crippen LogP contribution in [0.2, 0.25) is 0 Å². The molecule has 0 saturated carbocycles. The molecule has 1 saturated heterocycles. The van der Waals surface area contributed by atoms with Crippen molar-refractivity contribution >= 4 is 35.8 Å². The molecule has 1 aliphatic rings. The van der Waals surface area contributed by atoms with Gasteiger partial charge in [0.2, 0.25) is 5.91 Å². The van der Waals surface area contributed by atoms with E-state index in [1.165, 1.54) is 6.07 Å². The number of alkyl halides is 2. The number of rotatable bonds is 8. The number of ether oxygens (including phenoxy) is 1. The molecular weight excluding hydrogens is 517 g/mol. The number of amides is 1. The van der Waals surface area contributed by atoms with Gasteiger partial charge in [0.15, 0.2) is 5.96 Å². The zero-order valence-corrected chi connectivity index (χ0v) is 19.6. The van der Waals surface area contributed by atoms with Crippen LogP contribution in [0.25, 0.3) is 0 Å². The zero-order valence-electron chi connectivity index (χ0n) is 17.3. The van der Waals surface area contributed by atoms with Gasteiger partial charge in [-0.2, -0.15) is 8.78 Å². The number of nitrogens with zero attached hydrogens (tertiary/aromatic N) is 2. The second kappa shape index (κ2) is 12.4. The highest BCUT2D eigenvalue weighted by Gasteiger charge is 2.19. The highest BCUT2D eigenvalue weighted by Crippen LogP contribution is 2.20. The summed E-state index contributed by atoms with van der Waals surface area (Å²) in [6.07, 6.45) is 1.58. The van der Waals surface area contributed by atoms with E-state index in [1.807, 2.05) is 29.2 Å². The normalized spacial score (nSPS) is 13.9. The van der Waals surface area contributed by atoms with E-state index in [2.05, 4.69) is 20.4 Å². The Morgan fingerprint density at radius 1 is 1.10 bits per heavy atom. The summed E-state index contributed by atoms with van der Waals surface area (Å²) in [5.41, 5.74) is 2.78. The molecule has 0 bridgehead atoms. The van der Waals surface area contributed by atoms with Crippen molar-refractivity contribution in [2.75, 3.05) is 13.6 Å². The standard InChI is InChI=1S/C22H26F2N4O2.HI/c1-25-22(27-14-18-5-2-3-6-19(18)30-21(23)24)26-13-16-8-10-17(11-9-16)15-28-12-4-7-20(28)29;/h2-3,5-6,8-11,21H,4,7,12-15H2,1H3,(H2,25,26,27);1H. The quantitative estimate of drug-likeness (QED) is 0.301. The number of nitrogens with one attached hydrogen (secondary N) is 2. The molecule has 31 heavy (non-hydrogen) atoms. The van der Waals surface area contributed by atoms with Crippen LogP contribution in [0.4, 0.5) is 8.78 Å². The number of carbonyl (C=O) groups excluding carboxylic acids is 1. The maximum Gasteiger partial charge on any atom is 0.387 e. The van der Waals surface area contributed by atoms with Crippen molar-refractivity contribution in [3.63, 3.8) is 0 Å². The van der Waals surface area contributed by atoms with Gasteiger partial charge < -0.3 is 20.3 Å².